The lowest BCUT2D eigenvalue weighted by atomic mass is 10.1. The summed E-state index contributed by atoms with van der Waals surface area (Å²) in [6, 6.07) is 9.67. The van der Waals surface area contributed by atoms with E-state index in [1.165, 1.54) is 17.4 Å². The first kappa shape index (κ1) is 17.1. The second-order valence-electron chi connectivity index (χ2n) is 5.48. The van der Waals surface area contributed by atoms with Crippen molar-refractivity contribution in [3.05, 3.63) is 51.4 Å². The summed E-state index contributed by atoms with van der Waals surface area (Å²) in [6.45, 7) is 4.11. The molecular formula is C16H18N2O4S. The number of carboxylic acids is 1. The standard InChI is InChI=1S/C16H18N2O4S/c1-10(2)15(16(19)20)17-9-11-7-8-14(23-11)12-5-3-4-6-13(12)18(21)22/h3-8,10,15,17H,9H2,1-2H3,(H,19,20)/t15-/m0/s1. The highest BCUT2D eigenvalue weighted by molar-refractivity contribution is 7.15. The van der Waals surface area contributed by atoms with Gasteiger partial charge in [0.15, 0.2) is 0 Å². The van der Waals surface area contributed by atoms with Gasteiger partial charge < -0.3 is 5.11 Å². The molecule has 0 fully saturated rings. The van der Waals surface area contributed by atoms with Crippen molar-refractivity contribution in [1.29, 1.82) is 0 Å². The van der Waals surface area contributed by atoms with Crippen LogP contribution in [0.2, 0.25) is 0 Å². The van der Waals surface area contributed by atoms with Gasteiger partial charge in [-0.15, -0.1) is 11.3 Å². The Hall–Kier alpha value is -2.25. The summed E-state index contributed by atoms with van der Waals surface area (Å²) >= 11 is 1.42. The van der Waals surface area contributed by atoms with Gasteiger partial charge in [-0.3, -0.25) is 20.2 Å². The summed E-state index contributed by atoms with van der Waals surface area (Å²) in [7, 11) is 0. The van der Waals surface area contributed by atoms with Crippen molar-refractivity contribution in [3.8, 4) is 10.4 Å². The van der Waals surface area contributed by atoms with Crippen molar-refractivity contribution in [3.63, 3.8) is 0 Å². The smallest absolute Gasteiger partial charge is 0.320 e. The molecule has 23 heavy (non-hydrogen) atoms. The molecule has 7 heteroatoms. The van der Waals surface area contributed by atoms with E-state index < -0.39 is 16.9 Å². The van der Waals surface area contributed by atoms with Crippen LogP contribution in [0.25, 0.3) is 10.4 Å². The fourth-order valence-corrected chi connectivity index (χ4v) is 3.27. The first-order valence-electron chi connectivity index (χ1n) is 7.19. The van der Waals surface area contributed by atoms with Crippen LogP contribution in [0.1, 0.15) is 18.7 Å². The lowest BCUT2D eigenvalue weighted by Gasteiger charge is -2.17. The molecule has 2 rings (SSSR count). The van der Waals surface area contributed by atoms with Crippen LogP contribution in [0.5, 0.6) is 0 Å². The Morgan fingerprint density at radius 2 is 2.00 bits per heavy atom. The third-order valence-corrected chi connectivity index (χ3v) is 4.58. The molecule has 0 radical (unpaired) electrons. The van der Waals surface area contributed by atoms with E-state index in [0.29, 0.717) is 12.1 Å². The second kappa shape index (κ2) is 7.34. The highest BCUT2D eigenvalue weighted by atomic mass is 32.1. The predicted octanol–water partition coefficient (Wildman–Crippen LogP) is 3.52. The molecule has 0 aliphatic carbocycles. The molecule has 0 amide bonds. The molecule has 0 saturated heterocycles. The van der Waals surface area contributed by atoms with E-state index in [9.17, 15) is 14.9 Å². The van der Waals surface area contributed by atoms with E-state index in [2.05, 4.69) is 5.32 Å². The van der Waals surface area contributed by atoms with Gasteiger partial charge in [-0.25, -0.2) is 0 Å². The SMILES string of the molecule is CC(C)[C@H](NCc1ccc(-c2ccccc2[N+](=O)[O-])s1)C(=O)O. The number of hydrogen-bond donors (Lipinski definition) is 2. The summed E-state index contributed by atoms with van der Waals surface area (Å²) in [6.07, 6.45) is 0. The van der Waals surface area contributed by atoms with Gasteiger partial charge in [-0.2, -0.15) is 0 Å². The average Bonchev–Trinajstić information content (AvgIpc) is 2.95. The van der Waals surface area contributed by atoms with E-state index in [0.717, 1.165) is 9.75 Å². The van der Waals surface area contributed by atoms with Crippen LogP contribution in [-0.4, -0.2) is 22.0 Å². The van der Waals surface area contributed by atoms with Crippen molar-refractivity contribution in [1.82, 2.24) is 5.32 Å². The van der Waals surface area contributed by atoms with Gasteiger partial charge in [0, 0.05) is 22.4 Å². The Labute approximate surface area is 137 Å². The number of nitro benzene ring substituents is 1. The van der Waals surface area contributed by atoms with E-state index in [1.807, 2.05) is 26.0 Å². The van der Waals surface area contributed by atoms with Gasteiger partial charge in [0.2, 0.25) is 0 Å². The van der Waals surface area contributed by atoms with Crippen LogP contribution in [0.3, 0.4) is 0 Å². The Bertz CT molecular complexity index is 712. The van der Waals surface area contributed by atoms with Crippen LogP contribution < -0.4 is 5.32 Å². The minimum absolute atomic E-state index is 0.0258. The quantitative estimate of drug-likeness (QED) is 0.597. The normalized spacial score (nSPS) is 12.3. The lowest BCUT2D eigenvalue weighted by Crippen LogP contribution is -2.40. The van der Waals surface area contributed by atoms with Gasteiger partial charge >= 0.3 is 5.97 Å². The van der Waals surface area contributed by atoms with E-state index >= 15 is 0 Å². The van der Waals surface area contributed by atoms with Crippen molar-refractivity contribution in [2.24, 2.45) is 5.92 Å². The van der Waals surface area contributed by atoms with Crippen LogP contribution in [0.15, 0.2) is 36.4 Å². The molecule has 6 nitrogen and oxygen atoms in total. The monoisotopic (exact) mass is 334 g/mol. The van der Waals surface area contributed by atoms with E-state index in [1.54, 1.807) is 18.2 Å². The maximum Gasteiger partial charge on any atom is 0.320 e. The number of nitro groups is 1. The van der Waals surface area contributed by atoms with Gasteiger partial charge in [-0.05, 0) is 24.1 Å². The molecule has 0 saturated carbocycles. The molecule has 0 aliphatic rings. The number of para-hydroxylation sites is 1. The number of carbonyl (C=O) groups is 1. The number of nitrogens with zero attached hydrogens (tertiary/aromatic N) is 1. The molecule has 2 aromatic rings. The number of hydrogen-bond acceptors (Lipinski definition) is 5. The third kappa shape index (κ3) is 4.14. The summed E-state index contributed by atoms with van der Waals surface area (Å²) in [5, 5.41) is 23.3. The molecule has 1 heterocycles. The van der Waals surface area contributed by atoms with Gasteiger partial charge in [-0.1, -0.05) is 26.0 Å². The second-order valence-corrected chi connectivity index (χ2v) is 6.65. The molecule has 0 bridgehead atoms. The first-order chi connectivity index (χ1) is 10.9. The Kier molecular flexibility index (Phi) is 5.46. The predicted molar refractivity (Wildman–Crippen MR) is 89.5 cm³/mol. The number of thiophene rings is 1. The average molecular weight is 334 g/mol. The highest BCUT2D eigenvalue weighted by Gasteiger charge is 2.21. The fraction of sp³-hybridized carbons (Fsp3) is 0.312. The first-order valence-corrected chi connectivity index (χ1v) is 8.00. The summed E-state index contributed by atoms with van der Waals surface area (Å²) in [4.78, 5) is 23.6. The number of nitrogens with one attached hydrogen (secondary N) is 1. The molecule has 2 N–H and O–H groups in total. The molecule has 122 valence electrons. The molecule has 1 aromatic heterocycles. The summed E-state index contributed by atoms with van der Waals surface area (Å²) in [5.41, 5.74) is 0.645. The van der Waals surface area contributed by atoms with Crippen molar-refractivity contribution in [2.75, 3.05) is 0 Å². The third-order valence-electron chi connectivity index (χ3n) is 3.46. The Morgan fingerprint density at radius 1 is 1.30 bits per heavy atom. The number of aliphatic carboxylic acids is 1. The Balaban J connectivity index is 2.16. The van der Waals surface area contributed by atoms with E-state index in [4.69, 9.17) is 5.11 Å². The zero-order valence-corrected chi connectivity index (χ0v) is 13.7. The maximum absolute atomic E-state index is 11.2. The van der Waals surface area contributed by atoms with Gasteiger partial charge in [0.1, 0.15) is 6.04 Å². The lowest BCUT2D eigenvalue weighted by molar-refractivity contribution is -0.384. The minimum Gasteiger partial charge on any atom is -0.480 e. The maximum atomic E-state index is 11.2. The zero-order chi connectivity index (χ0) is 17.0. The van der Waals surface area contributed by atoms with Crippen molar-refractivity contribution >= 4 is 23.0 Å². The summed E-state index contributed by atoms with van der Waals surface area (Å²) in [5.74, 6) is -0.905. The summed E-state index contributed by atoms with van der Waals surface area (Å²) < 4.78 is 0. The van der Waals surface area contributed by atoms with Crippen LogP contribution in [0.4, 0.5) is 5.69 Å². The minimum atomic E-state index is -0.879. The zero-order valence-electron chi connectivity index (χ0n) is 12.9. The largest absolute Gasteiger partial charge is 0.480 e. The van der Waals surface area contributed by atoms with Crippen molar-refractivity contribution < 1.29 is 14.8 Å². The van der Waals surface area contributed by atoms with Crippen LogP contribution in [0, 0.1) is 16.0 Å². The van der Waals surface area contributed by atoms with E-state index in [-0.39, 0.29) is 11.6 Å². The molecule has 0 spiro atoms. The molecule has 1 aromatic carbocycles. The van der Waals surface area contributed by atoms with Gasteiger partial charge in [0.05, 0.1) is 10.5 Å². The molecule has 0 aliphatic heterocycles. The van der Waals surface area contributed by atoms with Crippen LogP contribution >= 0.6 is 11.3 Å². The number of carboxylic acid groups (broad SMARTS) is 1. The molecule has 0 unspecified atom stereocenters. The molecular weight excluding hydrogens is 316 g/mol. The highest BCUT2D eigenvalue weighted by Crippen LogP contribution is 2.34. The molecule has 1 atom stereocenters. The Morgan fingerprint density at radius 3 is 2.61 bits per heavy atom. The topological polar surface area (TPSA) is 92.5 Å². The fourth-order valence-electron chi connectivity index (χ4n) is 2.28. The van der Waals surface area contributed by atoms with Crippen molar-refractivity contribution in [2.45, 2.75) is 26.4 Å². The number of rotatable bonds is 7. The number of benzene rings is 1. The van der Waals surface area contributed by atoms with Crippen LogP contribution in [-0.2, 0) is 11.3 Å². The van der Waals surface area contributed by atoms with Gasteiger partial charge in [0.25, 0.3) is 5.69 Å².